The smallest absolute Gasteiger partial charge is 0.872 e. The second kappa shape index (κ2) is 21.9. The van der Waals surface area contributed by atoms with Crippen LogP contribution in [-0.4, -0.2) is 77.5 Å². The molecule has 0 fully saturated rings. The van der Waals surface area contributed by atoms with Crippen molar-refractivity contribution in [3.8, 4) is 5.75 Å². The van der Waals surface area contributed by atoms with Gasteiger partial charge in [0.15, 0.2) is 0 Å². The summed E-state index contributed by atoms with van der Waals surface area (Å²) in [6, 6.07) is 7.09. The molecule has 12 heteroatoms. The predicted molar refractivity (Wildman–Crippen MR) is 242 cm³/mol. The van der Waals surface area contributed by atoms with Crippen LogP contribution < -0.4 is 5.11 Å². The monoisotopic (exact) mass is 917 g/mol. The molecule has 301 valence electrons. The Bertz CT molecular complexity index is 1120. The first-order valence-electron chi connectivity index (χ1n) is 19.3. The van der Waals surface area contributed by atoms with Gasteiger partial charge in [0.05, 0.1) is 32.9 Å². The molecule has 0 atom stereocenters. The normalized spacial score (nSPS) is 13.7. The van der Waals surface area contributed by atoms with Crippen molar-refractivity contribution in [2.45, 2.75) is 210 Å². The number of rotatable bonds is 8. The molecular formula is C40H85CeN6OSi4. The van der Waals surface area contributed by atoms with Gasteiger partial charge in [-0.15, -0.1) is 5.75 Å². The van der Waals surface area contributed by atoms with Gasteiger partial charge < -0.3 is 34.2 Å². The van der Waals surface area contributed by atoms with E-state index in [1.807, 2.05) is 18.2 Å². The average Bonchev–Trinajstić information content (AvgIpc) is 2.78. The van der Waals surface area contributed by atoms with E-state index in [9.17, 15) is 5.11 Å². The zero-order valence-electron chi connectivity index (χ0n) is 39.1. The molecule has 7 nitrogen and oxygen atoms in total. The zero-order chi connectivity index (χ0) is 41.3. The van der Waals surface area contributed by atoms with Crippen LogP contribution in [0.4, 0.5) is 0 Å². The molecule has 0 N–H and O–H groups in total. The first-order valence-corrected chi connectivity index (χ1v) is 33.1. The molecule has 1 aromatic carbocycles. The minimum atomic E-state index is -1.45. The van der Waals surface area contributed by atoms with Crippen LogP contribution >= 0.6 is 0 Å². The second-order valence-electron chi connectivity index (χ2n) is 21.0. The van der Waals surface area contributed by atoms with E-state index >= 15 is 0 Å². The quantitative estimate of drug-likeness (QED) is 0.148. The Kier molecular flexibility index (Phi) is 23.7. The number of hydrogen-bond donors (Lipinski definition) is 0. The minimum Gasteiger partial charge on any atom is -0.872 e. The summed E-state index contributed by atoms with van der Waals surface area (Å²) >= 11 is 0. The van der Waals surface area contributed by atoms with Gasteiger partial charge in [-0.05, 0) is 35.0 Å². The van der Waals surface area contributed by atoms with E-state index in [4.69, 9.17) is 20.6 Å². The Morgan fingerprint density at radius 1 is 0.538 bits per heavy atom. The molecule has 0 saturated heterocycles. The molecule has 0 saturated carbocycles. The van der Waals surface area contributed by atoms with Gasteiger partial charge in [0.25, 0.3) is 0 Å². The summed E-state index contributed by atoms with van der Waals surface area (Å²) in [5.74, 6) is 2.20. The summed E-state index contributed by atoms with van der Waals surface area (Å²) in [7, 11) is -5.79. The van der Waals surface area contributed by atoms with Gasteiger partial charge in [-0.2, -0.15) is 0 Å². The summed E-state index contributed by atoms with van der Waals surface area (Å²) in [4.78, 5) is 9.59. The van der Waals surface area contributed by atoms with E-state index in [0.29, 0.717) is 24.2 Å². The van der Waals surface area contributed by atoms with Crippen LogP contribution in [-0.2, 0) is 10.8 Å². The Labute approximate surface area is 363 Å². The fourth-order valence-electron chi connectivity index (χ4n) is 6.15. The molecule has 1 rings (SSSR count). The van der Waals surface area contributed by atoms with E-state index in [1.54, 1.807) is 0 Å². The number of aliphatic imine (C=N–C) groups is 2. The van der Waals surface area contributed by atoms with Gasteiger partial charge in [0, 0.05) is 11.9 Å². The third-order valence-electron chi connectivity index (χ3n) is 7.21. The fourth-order valence-corrected chi connectivity index (χ4v) is 25.1. The largest absolute Gasteiger partial charge is 3.00 e. The molecular weight excluding hydrogens is 833 g/mol. The van der Waals surface area contributed by atoms with Gasteiger partial charge in [-0.25, -0.2) is 0 Å². The summed E-state index contributed by atoms with van der Waals surface area (Å²) in [5, 5.41) is 21.9. The maximum Gasteiger partial charge on any atom is 3.00 e. The molecule has 0 aliphatic heterocycles. The van der Waals surface area contributed by atoms with Crippen molar-refractivity contribution < 1.29 is 46.9 Å². The van der Waals surface area contributed by atoms with Crippen LogP contribution in [0.1, 0.15) is 108 Å². The van der Waals surface area contributed by atoms with Crippen LogP contribution in [0.15, 0.2) is 28.2 Å². The van der Waals surface area contributed by atoms with E-state index in [0.717, 1.165) is 23.0 Å². The van der Waals surface area contributed by atoms with Gasteiger partial charge in [-0.1, -0.05) is 205 Å². The van der Waals surface area contributed by atoms with Crippen LogP contribution in [0.25, 0.3) is 10.6 Å². The topological polar surface area (TPSA) is 82.5 Å². The maximum absolute atomic E-state index is 12.3. The molecule has 0 heterocycles. The standard InChI is InChI=1S/C14H22O.2C13H32N3Si2.Ce/c1-13(2,3)10-8-7-9-11(12(10)15)14(4,5)6;2*1-11(2)14-13(15-12(3)4)16(17(5,6)7)18(8,9)10;/h7-9,15H,1-6H3;2*11-12H,1-10H3;/q;2*-1;+3/p-1. The molecule has 0 amide bonds. The van der Waals surface area contributed by atoms with Crippen molar-refractivity contribution >= 4 is 44.9 Å². The van der Waals surface area contributed by atoms with Crippen LogP contribution in [0.3, 0.4) is 0 Å². The number of hydrogen-bond acceptors (Lipinski definition) is 3. The van der Waals surface area contributed by atoms with Crippen LogP contribution in [0.5, 0.6) is 5.75 Å². The van der Waals surface area contributed by atoms with Crippen LogP contribution in [0, 0.1) is 41.7 Å². The number of nitrogens with zero attached hydrogens (tertiary/aromatic N) is 6. The maximum atomic E-state index is 12.3. The summed E-state index contributed by atoms with van der Waals surface area (Å²) in [5.41, 5.74) is 1.68. The molecule has 0 spiro atoms. The van der Waals surface area contributed by atoms with Crippen molar-refractivity contribution in [1.82, 2.24) is 8.46 Å². The zero-order valence-corrected chi connectivity index (χ0v) is 46.3. The third-order valence-corrected chi connectivity index (χ3v) is 21.4. The van der Waals surface area contributed by atoms with E-state index in [2.05, 4.69) is 184 Å². The minimum absolute atomic E-state index is 0. The van der Waals surface area contributed by atoms with Gasteiger partial charge in [0.1, 0.15) is 0 Å². The van der Waals surface area contributed by atoms with Crippen molar-refractivity contribution in [2.75, 3.05) is 0 Å². The van der Waals surface area contributed by atoms with Gasteiger partial charge in [0.2, 0.25) is 0 Å². The number of para-hydroxylation sites is 1. The van der Waals surface area contributed by atoms with Crippen molar-refractivity contribution in [1.29, 1.82) is 0 Å². The van der Waals surface area contributed by atoms with Gasteiger partial charge >= 0.3 is 41.7 Å². The predicted octanol–water partition coefficient (Wildman–Crippen LogP) is 12.4. The molecule has 0 bridgehead atoms. The molecule has 0 aliphatic carbocycles. The molecule has 0 aliphatic rings. The second-order valence-corrected chi connectivity index (χ2v) is 41.1. The fraction of sp³-hybridized carbons (Fsp3) is 0.800. The summed E-state index contributed by atoms with van der Waals surface area (Å²) in [6.45, 7) is 58.1. The van der Waals surface area contributed by atoms with Crippen molar-refractivity contribution in [2.24, 2.45) is 9.98 Å². The first kappa shape index (κ1) is 56.1. The van der Waals surface area contributed by atoms with Crippen molar-refractivity contribution in [3.05, 3.63) is 40.0 Å². The van der Waals surface area contributed by atoms with Crippen LogP contribution in [0.2, 0.25) is 78.6 Å². The summed E-state index contributed by atoms with van der Waals surface area (Å²) < 4.78 is 5.19. The van der Waals surface area contributed by atoms with Crippen molar-refractivity contribution in [3.63, 3.8) is 0 Å². The molecule has 52 heavy (non-hydrogen) atoms. The SMILES string of the molecule is CC(C)(C)c1cccc(C(C)(C)C)c1[O-].CC(C)N=C([N-]C(C)C)N([Si](C)(C)C)[Si](C)(C)C.CC(C)N=C([N-]C(C)C)N([Si](C)(C)C)[Si](C)(C)C.[Ce+3]. The van der Waals surface area contributed by atoms with E-state index in [1.165, 1.54) is 0 Å². The molecule has 1 aromatic rings. The summed E-state index contributed by atoms with van der Waals surface area (Å²) in [6.07, 6.45) is 0. The average molecular weight is 919 g/mol. The Balaban J connectivity index is -0.000000689. The molecule has 1 radical (unpaired) electrons. The Morgan fingerprint density at radius 2 is 0.769 bits per heavy atom. The van der Waals surface area contributed by atoms with E-state index in [-0.39, 0.29) is 58.3 Å². The first-order chi connectivity index (χ1) is 22.3. The third kappa shape index (κ3) is 21.8. The molecule has 0 aromatic heterocycles. The number of guanidine groups is 2. The van der Waals surface area contributed by atoms with E-state index < -0.39 is 32.9 Å². The Hall–Kier alpha value is -0.196. The number of benzene rings is 1. The van der Waals surface area contributed by atoms with Gasteiger partial charge in [-0.3, -0.25) is 0 Å². The Morgan fingerprint density at radius 3 is 0.923 bits per heavy atom. The molecule has 0 unspecified atom stereocenters.